The van der Waals surface area contributed by atoms with Crippen LogP contribution in [0.2, 0.25) is 5.15 Å². The molecular weight excluding hydrogens is 293 g/mol. The van der Waals surface area contributed by atoms with Crippen LogP contribution in [0.4, 0.5) is 5.95 Å². The van der Waals surface area contributed by atoms with Crippen LogP contribution in [0.25, 0.3) is 11.2 Å². The number of aliphatic hydroxyl groups is 2. The Labute approximate surface area is 120 Å². The molecular formula is C10H15Cl2N5O2. The van der Waals surface area contributed by atoms with Gasteiger partial charge in [-0.15, -0.1) is 12.4 Å². The minimum Gasteiger partial charge on any atom is -0.396 e. The summed E-state index contributed by atoms with van der Waals surface area (Å²) >= 11 is 5.91. The number of aliphatic hydroxyl groups excluding tert-OH is 2. The molecule has 0 spiro atoms. The van der Waals surface area contributed by atoms with E-state index in [4.69, 9.17) is 27.5 Å². The fourth-order valence-electron chi connectivity index (χ4n) is 1.65. The molecule has 0 amide bonds. The van der Waals surface area contributed by atoms with Crippen LogP contribution in [0.1, 0.15) is 6.42 Å². The standard InChI is InChI=1S/C10H14ClN5O2.ClH/c11-8-7-9(15-10(12)14-8)16(5-13-7)2-1-6(3-17)4-18;/h5-6,17-18H,1-4H2,(H2,12,14,15);1H. The van der Waals surface area contributed by atoms with Crippen LogP contribution in [-0.4, -0.2) is 42.9 Å². The smallest absolute Gasteiger partial charge is 0.223 e. The first-order valence-corrected chi connectivity index (χ1v) is 5.89. The molecule has 0 atom stereocenters. The maximum atomic E-state index is 9.00. The largest absolute Gasteiger partial charge is 0.396 e. The van der Waals surface area contributed by atoms with E-state index >= 15 is 0 Å². The van der Waals surface area contributed by atoms with E-state index < -0.39 is 0 Å². The van der Waals surface area contributed by atoms with E-state index in [9.17, 15) is 0 Å². The first-order chi connectivity index (χ1) is 8.65. The zero-order valence-corrected chi connectivity index (χ0v) is 11.6. The number of hydrogen-bond donors (Lipinski definition) is 3. The van der Waals surface area contributed by atoms with Crippen molar-refractivity contribution < 1.29 is 10.2 Å². The van der Waals surface area contributed by atoms with Gasteiger partial charge in [0.1, 0.15) is 5.52 Å². The van der Waals surface area contributed by atoms with Crippen molar-refractivity contribution in [2.75, 3.05) is 18.9 Å². The number of nitrogen functional groups attached to an aromatic ring is 1. The molecule has 0 unspecified atom stereocenters. The lowest BCUT2D eigenvalue weighted by Gasteiger charge is -2.11. The van der Waals surface area contributed by atoms with Gasteiger partial charge in [0.15, 0.2) is 10.8 Å². The molecule has 0 aliphatic rings. The number of aromatic nitrogens is 4. The monoisotopic (exact) mass is 307 g/mol. The topological polar surface area (TPSA) is 110 Å². The number of anilines is 1. The van der Waals surface area contributed by atoms with Gasteiger partial charge in [-0.1, -0.05) is 11.6 Å². The molecule has 9 heteroatoms. The number of rotatable bonds is 5. The number of fused-ring (bicyclic) bond motifs is 1. The highest BCUT2D eigenvalue weighted by Gasteiger charge is 2.12. The van der Waals surface area contributed by atoms with Crippen LogP contribution in [0.3, 0.4) is 0 Å². The van der Waals surface area contributed by atoms with Crippen molar-refractivity contribution in [3.8, 4) is 0 Å². The first kappa shape index (κ1) is 15.9. The van der Waals surface area contributed by atoms with Crippen LogP contribution in [0.5, 0.6) is 0 Å². The van der Waals surface area contributed by atoms with Crippen LogP contribution in [-0.2, 0) is 6.54 Å². The van der Waals surface area contributed by atoms with E-state index in [1.165, 1.54) is 0 Å². The van der Waals surface area contributed by atoms with Crippen molar-refractivity contribution in [3.05, 3.63) is 11.5 Å². The Morgan fingerprint density at radius 3 is 2.63 bits per heavy atom. The van der Waals surface area contributed by atoms with Gasteiger partial charge in [-0.2, -0.15) is 9.97 Å². The van der Waals surface area contributed by atoms with Gasteiger partial charge >= 0.3 is 0 Å². The maximum absolute atomic E-state index is 9.00. The van der Waals surface area contributed by atoms with Crippen molar-refractivity contribution in [1.82, 2.24) is 19.5 Å². The summed E-state index contributed by atoms with van der Waals surface area (Å²) < 4.78 is 1.78. The summed E-state index contributed by atoms with van der Waals surface area (Å²) in [5, 5.41) is 18.2. The Morgan fingerprint density at radius 2 is 2.00 bits per heavy atom. The van der Waals surface area contributed by atoms with Crippen LogP contribution in [0.15, 0.2) is 6.33 Å². The first-order valence-electron chi connectivity index (χ1n) is 5.51. The number of nitrogens with two attached hydrogens (primary N) is 1. The molecule has 0 radical (unpaired) electrons. The maximum Gasteiger partial charge on any atom is 0.223 e. The normalized spacial score (nSPS) is 10.9. The minimum absolute atomic E-state index is 0. The third-order valence-electron chi connectivity index (χ3n) is 2.73. The number of halogens is 2. The fourth-order valence-corrected chi connectivity index (χ4v) is 1.87. The summed E-state index contributed by atoms with van der Waals surface area (Å²) in [6.45, 7) is 0.455. The van der Waals surface area contributed by atoms with E-state index in [1.54, 1.807) is 10.9 Å². The molecule has 2 aromatic heterocycles. The summed E-state index contributed by atoms with van der Waals surface area (Å²) in [6.07, 6.45) is 2.20. The van der Waals surface area contributed by atoms with E-state index in [2.05, 4.69) is 15.0 Å². The predicted octanol–water partition coefficient (Wildman–Crippen LogP) is 0.475. The van der Waals surface area contributed by atoms with Crippen molar-refractivity contribution >= 4 is 41.1 Å². The zero-order valence-electron chi connectivity index (χ0n) is 10.0. The molecule has 106 valence electrons. The molecule has 4 N–H and O–H groups in total. The lowest BCUT2D eigenvalue weighted by molar-refractivity contribution is 0.140. The van der Waals surface area contributed by atoms with Gasteiger partial charge in [0, 0.05) is 25.7 Å². The van der Waals surface area contributed by atoms with Crippen LogP contribution in [0, 0.1) is 5.92 Å². The van der Waals surface area contributed by atoms with Crippen molar-refractivity contribution in [1.29, 1.82) is 0 Å². The molecule has 0 aromatic carbocycles. The second-order valence-electron chi connectivity index (χ2n) is 4.00. The van der Waals surface area contributed by atoms with Gasteiger partial charge in [-0.3, -0.25) is 0 Å². The fraction of sp³-hybridized carbons (Fsp3) is 0.500. The lowest BCUT2D eigenvalue weighted by Crippen LogP contribution is -2.14. The predicted molar refractivity (Wildman–Crippen MR) is 74.3 cm³/mol. The molecule has 19 heavy (non-hydrogen) atoms. The molecule has 2 aromatic rings. The summed E-state index contributed by atoms with van der Waals surface area (Å²) in [4.78, 5) is 12.0. The number of aryl methyl sites for hydroxylation is 1. The minimum atomic E-state index is -0.155. The Hall–Kier alpha value is -1.15. The third kappa shape index (κ3) is 3.44. The van der Waals surface area contributed by atoms with Gasteiger partial charge in [0.25, 0.3) is 0 Å². The number of nitrogens with zero attached hydrogens (tertiary/aromatic N) is 4. The Bertz CT molecular complexity index is 544. The van der Waals surface area contributed by atoms with Gasteiger partial charge in [0.05, 0.1) is 6.33 Å². The Morgan fingerprint density at radius 1 is 1.32 bits per heavy atom. The molecule has 0 saturated heterocycles. The molecule has 0 fully saturated rings. The average Bonchev–Trinajstić information content (AvgIpc) is 2.74. The van der Waals surface area contributed by atoms with Gasteiger partial charge in [0.2, 0.25) is 5.95 Å². The second kappa shape index (κ2) is 6.85. The molecule has 0 bridgehead atoms. The Kier molecular flexibility index (Phi) is 5.74. The highest BCUT2D eigenvalue weighted by Crippen LogP contribution is 2.20. The summed E-state index contributed by atoms with van der Waals surface area (Å²) in [5.41, 5.74) is 6.59. The summed E-state index contributed by atoms with van der Waals surface area (Å²) in [6, 6.07) is 0. The van der Waals surface area contributed by atoms with Crippen molar-refractivity contribution in [2.45, 2.75) is 13.0 Å². The average molecular weight is 308 g/mol. The van der Waals surface area contributed by atoms with Crippen LogP contribution < -0.4 is 5.73 Å². The molecule has 0 aliphatic carbocycles. The highest BCUT2D eigenvalue weighted by molar-refractivity contribution is 6.33. The summed E-state index contributed by atoms with van der Waals surface area (Å²) in [5.74, 6) is -0.0628. The van der Waals surface area contributed by atoms with Crippen molar-refractivity contribution in [3.63, 3.8) is 0 Å². The number of hydrogen-bond acceptors (Lipinski definition) is 6. The molecule has 7 nitrogen and oxygen atoms in total. The quantitative estimate of drug-likeness (QED) is 0.693. The van der Waals surface area contributed by atoms with Gasteiger partial charge in [-0.25, -0.2) is 4.98 Å². The lowest BCUT2D eigenvalue weighted by atomic mass is 10.1. The Balaban J connectivity index is 0.00000180. The van der Waals surface area contributed by atoms with E-state index in [0.29, 0.717) is 24.1 Å². The van der Waals surface area contributed by atoms with E-state index in [0.717, 1.165) is 0 Å². The molecule has 0 aliphatic heterocycles. The molecule has 2 heterocycles. The van der Waals surface area contributed by atoms with Crippen LogP contribution >= 0.6 is 24.0 Å². The SMILES string of the molecule is Cl.Nc1nc(Cl)c2ncn(CCC(CO)CO)c2n1. The zero-order chi connectivity index (χ0) is 13.1. The van der Waals surface area contributed by atoms with Gasteiger partial charge < -0.3 is 20.5 Å². The van der Waals surface area contributed by atoms with Crippen molar-refractivity contribution in [2.24, 2.45) is 5.92 Å². The van der Waals surface area contributed by atoms with E-state index in [-0.39, 0.29) is 42.6 Å². The molecule has 0 saturated carbocycles. The number of imidazole rings is 1. The highest BCUT2D eigenvalue weighted by atomic mass is 35.5. The van der Waals surface area contributed by atoms with E-state index in [1.807, 2.05) is 0 Å². The second-order valence-corrected chi connectivity index (χ2v) is 4.36. The van der Waals surface area contributed by atoms with Gasteiger partial charge in [-0.05, 0) is 6.42 Å². The third-order valence-corrected chi connectivity index (χ3v) is 3.00. The molecule has 2 rings (SSSR count). The summed E-state index contributed by atoms with van der Waals surface area (Å²) in [7, 11) is 0.